The SMILES string of the molecule is CCC[SiH3].CON. The van der Waals surface area contributed by atoms with E-state index in [0.29, 0.717) is 0 Å². The van der Waals surface area contributed by atoms with Crippen LogP contribution in [0.15, 0.2) is 0 Å². The highest BCUT2D eigenvalue weighted by molar-refractivity contribution is 6.08. The van der Waals surface area contributed by atoms with Gasteiger partial charge in [-0.05, 0) is 0 Å². The molecule has 3 heteroatoms. The van der Waals surface area contributed by atoms with Crippen molar-refractivity contribution >= 4 is 10.2 Å². The smallest absolute Gasteiger partial charge is 0.0569 e. The van der Waals surface area contributed by atoms with Crippen LogP contribution in [-0.2, 0) is 4.84 Å². The van der Waals surface area contributed by atoms with Gasteiger partial charge in [0, 0.05) is 10.2 Å². The van der Waals surface area contributed by atoms with E-state index < -0.39 is 0 Å². The second-order valence-corrected chi connectivity index (χ2v) is 2.24. The van der Waals surface area contributed by atoms with Gasteiger partial charge in [-0.15, -0.1) is 0 Å². The van der Waals surface area contributed by atoms with Crippen molar-refractivity contribution in [3.63, 3.8) is 0 Å². The molecule has 0 rings (SSSR count). The Morgan fingerprint density at radius 3 is 1.86 bits per heavy atom. The third kappa shape index (κ3) is 81.3. The lowest BCUT2D eigenvalue weighted by Crippen LogP contribution is -1.86. The van der Waals surface area contributed by atoms with Crippen LogP contribution in [-0.4, -0.2) is 17.4 Å². The molecule has 0 amide bonds. The van der Waals surface area contributed by atoms with E-state index in [1.54, 1.807) is 0 Å². The van der Waals surface area contributed by atoms with E-state index in [-0.39, 0.29) is 0 Å². The summed E-state index contributed by atoms with van der Waals surface area (Å²) in [6.45, 7) is 2.22. The van der Waals surface area contributed by atoms with E-state index in [1.165, 1.54) is 29.8 Å². The van der Waals surface area contributed by atoms with E-state index in [2.05, 4.69) is 17.7 Å². The molecule has 0 heterocycles. The van der Waals surface area contributed by atoms with Crippen LogP contribution in [0, 0.1) is 0 Å². The fraction of sp³-hybridized carbons (Fsp3) is 1.00. The molecule has 0 bridgehead atoms. The predicted molar refractivity (Wildman–Crippen MR) is 36.2 cm³/mol. The Labute approximate surface area is 48.4 Å². The van der Waals surface area contributed by atoms with Gasteiger partial charge in [0.1, 0.15) is 0 Å². The van der Waals surface area contributed by atoms with Crippen LogP contribution in [0.25, 0.3) is 0 Å². The minimum atomic E-state index is 1.38. The van der Waals surface area contributed by atoms with Gasteiger partial charge in [-0.25, -0.2) is 5.90 Å². The van der Waals surface area contributed by atoms with Gasteiger partial charge < -0.3 is 4.84 Å². The van der Waals surface area contributed by atoms with Crippen molar-refractivity contribution in [3.8, 4) is 0 Å². The third-order valence-electron chi connectivity index (χ3n) is 0.500. The molecule has 2 N–H and O–H groups in total. The molecule has 0 aromatic carbocycles. The van der Waals surface area contributed by atoms with Crippen molar-refractivity contribution in [2.45, 2.75) is 19.4 Å². The molecule has 0 aromatic heterocycles. The molecule has 0 fully saturated rings. The number of rotatable bonds is 1. The van der Waals surface area contributed by atoms with E-state index in [0.717, 1.165) is 0 Å². The number of hydrogen-bond donors (Lipinski definition) is 1. The average Bonchev–Trinajstić information content (AvgIpc) is 1.69. The second-order valence-electron chi connectivity index (χ2n) is 1.24. The Morgan fingerprint density at radius 1 is 1.71 bits per heavy atom. The standard InChI is InChI=1S/C3H10Si.CH5NO/c1-2-3-4;1-3-2/h2-3H2,1,4H3;2H2,1H3. The highest BCUT2D eigenvalue weighted by Gasteiger charge is 1.57. The number of nitrogens with two attached hydrogens (primary N) is 1. The Bertz CT molecular complexity index is 19.2. The lowest BCUT2D eigenvalue weighted by molar-refractivity contribution is 0.206. The van der Waals surface area contributed by atoms with Crippen molar-refractivity contribution in [1.82, 2.24) is 0 Å². The fourth-order valence-corrected chi connectivity index (χ4v) is 0. The van der Waals surface area contributed by atoms with E-state index in [1.807, 2.05) is 0 Å². The maximum absolute atomic E-state index is 4.35. The monoisotopic (exact) mass is 121 g/mol. The first-order chi connectivity index (χ1) is 3.33. The molecule has 0 aromatic rings. The molecule has 46 valence electrons. The maximum Gasteiger partial charge on any atom is 0.0569 e. The minimum Gasteiger partial charge on any atom is -0.308 e. The van der Waals surface area contributed by atoms with Crippen LogP contribution in [0.2, 0.25) is 6.04 Å². The van der Waals surface area contributed by atoms with E-state index in [4.69, 9.17) is 0 Å². The van der Waals surface area contributed by atoms with Gasteiger partial charge in [0.2, 0.25) is 0 Å². The van der Waals surface area contributed by atoms with Crippen molar-refractivity contribution in [2.24, 2.45) is 5.90 Å². The summed E-state index contributed by atoms with van der Waals surface area (Å²) >= 11 is 0. The molecule has 0 aliphatic heterocycles. The van der Waals surface area contributed by atoms with Crippen LogP contribution >= 0.6 is 0 Å². The Hall–Kier alpha value is 0.137. The molecule has 7 heavy (non-hydrogen) atoms. The number of hydrogen-bond acceptors (Lipinski definition) is 2. The van der Waals surface area contributed by atoms with Crippen molar-refractivity contribution in [1.29, 1.82) is 0 Å². The van der Waals surface area contributed by atoms with Crippen LogP contribution in [0.5, 0.6) is 0 Å². The molecule has 0 aliphatic rings. The van der Waals surface area contributed by atoms with E-state index in [9.17, 15) is 0 Å². The Kier molecular flexibility index (Phi) is 23.9. The quantitative estimate of drug-likeness (QED) is 0.381. The molecular weight excluding hydrogens is 106 g/mol. The van der Waals surface area contributed by atoms with Crippen LogP contribution < -0.4 is 5.90 Å². The van der Waals surface area contributed by atoms with Crippen LogP contribution in [0.3, 0.4) is 0 Å². The summed E-state index contributed by atoms with van der Waals surface area (Å²) in [7, 11) is 2.79. The minimum absolute atomic E-state index is 1.38. The van der Waals surface area contributed by atoms with Crippen molar-refractivity contribution < 1.29 is 4.84 Å². The van der Waals surface area contributed by atoms with Gasteiger partial charge in [-0.2, -0.15) is 0 Å². The molecular formula is C4H15NOSi. The van der Waals surface area contributed by atoms with Crippen LogP contribution in [0.4, 0.5) is 0 Å². The second kappa shape index (κ2) is 16.5. The average molecular weight is 121 g/mol. The molecule has 0 atom stereocenters. The first kappa shape index (κ1) is 10.2. The Morgan fingerprint density at radius 2 is 1.86 bits per heavy atom. The molecule has 0 unspecified atom stereocenters. The van der Waals surface area contributed by atoms with Crippen LogP contribution in [0.1, 0.15) is 13.3 Å². The lowest BCUT2D eigenvalue weighted by atomic mass is 10.6. The summed E-state index contributed by atoms with van der Waals surface area (Å²) in [6, 6.07) is 1.46. The fourth-order valence-electron chi connectivity index (χ4n) is 0. The van der Waals surface area contributed by atoms with Gasteiger partial charge >= 0.3 is 0 Å². The normalized spacial score (nSPS) is 7.29. The summed E-state index contributed by atoms with van der Waals surface area (Å²) in [5.74, 6) is 4.35. The topological polar surface area (TPSA) is 35.2 Å². The van der Waals surface area contributed by atoms with Crippen molar-refractivity contribution in [2.75, 3.05) is 7.11 Å². The molecule has 0 saturated carbocycles. The first-order valence-electron chi connectivity index (χ1n) is 2.56. The summed E-state index contributed by atoms with van der Waals surface area (Å²) in [4.78, 5) is 3.75. The Balaban J connectivity index is 0. The molecule has 0 spiro atoms. The maximum atomic E-state index is 4.35. The summed E-state index contributed by atoms with van der Waals surface area (Å²) in [5, 5.41) is 0. The summed E-state index contributed by atoms with van der Waals surface area (Å²) in [6.07, 6.45) is 1.38. The van der Waals surface area contributed by atoms with E-state index >= 15 is 0 Å². The van der Waals surface area contributed by atoms with Gasteiger partial charge in [-0.3, -0.25) is 0 Å². The highest BCUT2D eigenvalue weighted by atomic mass is 28.1. The first-order valence-corrected chi connectivity index (χ1v) is 3.97. The van der Waals surface area contributed by atoms with Gasteiger partial charge in [0.05, 0.1) is 7.11 Å². The molecule has 2 nitrogen and oxygen atoms in total. The lowest BCUT2D eigenvalue weighted by Gasteiger charge is -1.67. The molecule has 0 saturated heterocycles. The zero-order valence-electron chi connectivity index (χ0n) is 5.40. The largest absolute Gasteiger partial charge is 0.308 e. The van der Waals surface area contributed by atoms with Gasteiger partial charge in [0.25, 0.3) is 0 Å². The zero-order valence-corrected chi connectivity index (χ0v) is 7.40. The molecule has 0 radical (unpaired) electrons. The highest BCUT2D eigenvalue weighted by Crippen LogP contribution is 1.73. The van der Waals surface area contributed by atoms with Crippen molar-refractivity contribution in [3.05, 3.63) is 0 Å². The summed E-state index contributed by atoms with van der Waals surface area (Å²) in [5.41, 5.74) is 0. The third-order valence-corrected chi connectivity index (χ3v) is 1.50. The summed E-state index contributed by atoms with van der Waals surface area (Å²) < 4.78 is 0. The van der Waals surface area contributed by atoms with Gasteiger partial charge in [-0.1, -0.05) is 19.4 Å². The zero-order chi connectivity index (χ0) is 6.12. The van der Waals surface area contributed by atoms with Gasteiger partial charge in [0.15, 0.2) is 0 Å². The molecule has 0 aliphatic carbocycles. The predicted octanol–water partition coefficient (Wildman–Crippen LogP) is -0.313.